The third-order valence-corrected chi connectivity index (χ3v) is 23.9. The van der Waals surface area contributed by atoms with Crippen LogP contribution in [0.5, 0.6) is 0 Å². The molecule has 4 aliphatic rings. The van der Waals surface area contributed by atoms with Crippen LogP contribution in [0.3, 0.4) is 0 Å². The predicted molar refractivity (Wildman–Crippen MR) is 445 cm³/mol. The van der Waals surface area contributed by atoms with E-state index >= 15 is 0 Å². The molecule has 0 aromatic heterocycles. The summed E-state index contributed by atoms with van der Waals surface area (Å²) in [6, 6.07) is 151. The number of benzene rings is 17. The molecule has 0 atom stereocenters. The molecule has 502 valence electrons. The summed E-state index contributed by atoms with van der Waals surface area (Å²) >= 11 is 0. The summed E-state index contributed by atoms with van der Waals surface area (Å²) in [5.74, 6) is 0. The number of rotatable bonds is 12. The van der Waals surface area contributed by atoms with Crippen LogP contribution in [0.1, 0.15) is 77.9 Å². The van der Waals surface area contributed by atoms with Crippen LogP contribution in [0.25, 0.3) is 77.5 Å². The average molecular weight is 1360 g/mol. The van der Waals surface area contributed by atoms with Crippen molar-refractivity contribution in [2.75, 3.05) is 9.80 Å². The second-order valence-corrected chi connectivity index (χ2v) is 29.5. The molecule has 0 heterocycles. The standard InChI is InChI=1S/C105H72N2/c1-69-44-56-89-92-60-54-83(66-100(92)103(98(89)62-69,75-30-10-4-11-31-75)76-32-12-5-13-33-76)107(84-55-61-93-90-57-45-70(2)63-99(90)104(101(93)67-84,77-34-14-6-15-35-77)78-36-16-7-17-37-78)81-52-58-85(94(65-81)72-27-8-3-9-28-72)73-47-49-79(50-48-73)106(80-51-46-71-26-18-19-29-74(71)64-80)82-53-59-91-88-40-22-25-43-97(88)105(102(91)68-82)95-41-23-20-38-86(95)87-39-21-24-42-96(87)105/h3-68H,1-2H3. The van der Waals surface area contributed by atoms with Crippen molar-refractivity contribution in [3.63, 3.8) is 0 Å². The van der Waals surface area contributed by atoms with Crippen LogP contribution in [0.2, 0.25) is 0 Å². The zero-order chi connectivity index (χ0) is 71.0. The van der Waals surface area contributed by atoms with E-state index in [-0.39, 0.29) is 0 Å². The highest BCUT2D eigenvalue weighted by atomic mass is 15.1. The van der Waals surface area contributed by atoms with Crippen LogP contribution in [0.4, 0.5) is 34.1 Å². The summed E-state index contributed by atoms with van der Waals surface area (Å²) in [5.41, 5.74) is 37.1. The Morgan fingerprint density at radius 3 is 0.897 bits per heavy atom. The average Bonchev–Trinajstić information content (AvgIpc) is 1.51. The summed E-state index contributed by atoms with van der Waals surface area (Å²) in [6.07, 6.45) is 0. The van der Waals surface area contributed by atoms with E-state index in [1.165, 1.54) is 133 Å². The fourth-order valence-corrected chi connectivity index (χ4v) is 19.5. The maximum atomic E-state index is 2.55. The summed E-state index contributed by atoms with van der Waals surface area (Å²) < 4.78 is 0. The SMILES string of the molecule is Cc1ccc2c(c1)C(c1ccccc1)(c1ccccc1)c1cc(N(c3ccc(-c4ccc(N(c5ccc6c(c5)C5(c7ccccc7-c7ccccc75)c5ccccc5-6)c5ccc6ccccc6c5)cc4)c(-c4ccccc4)c3)c3ccc4c(c3)C(c3ccccc3)(c3ccccc3)c3cc(C)ccc3-4)ccc1-2. The van der Waals surface area contributed by atoms with Crippen molar-refractivity contribution < 1.29 is 0 Å². The molecule has 2 heteroatoms. The normalized spacial score (nSPS) is 13.7. The first-order valence-electron chi connectivity index (χ1n) is 37.4. The Balaban J connectivity index is 0.765. The van der Waals surface area contributed by atoms with Gasteiger partial charge in [-0.3, -0.25) is 0 Å². The van der Waals surface area contributed by atoms with Gasteiger partial charge in [-0.15, -0.1) is 0 Å². The van der Waals surface area contributed by atoms with Crippen LogP contribution < -0.4 is 9.80 Å². The number of fused-ring (bicyclic) bond motifs is 17. The van der Waals surface area contributed by atoms with Gasteiger partial charge in [0, 0.05) is 34.1 Å². The van der Waals surface area contributed by atoms with Crippen LogP contribution in [0, 0.1) is 13.8 Å². The van der Waals surface area contributed by atoms with E-state index in [4.69, 9.17) is 0 Å². The van der Waals surface area contributed by atoms with Gasteiger partial charge in [0.1, 0.15) is 0 Å². The van der Waals surface area contributed by atoms with Crippen molar-refractivity contribution in [1.29, 1.82) is 0 Å². The van der Waals surface area contributed by atoms with E-state index in [9.17, 15) is 0 Å². The molecule has 0 aliphatic heterocycles. The summed E-state index contributed by atoms with van der Waals surface area (Å²) in [5, 5.41) is 2.40. The van der Waals surface area contributed by atoms with Crippen molar-refractivity contribution in [1.82, 2.24) is 0 Å². The first kappa shape index (κ1) is 62.2. The Morgan fingerprint density at radius 1 is 0.168 bits per heavy atom. The first-order valence-corrected chi connectivity index (χ1v) is 37.4. The fraction of sp³-hybridized carbons (Fsp3) is 0.0476. The van der Waals surface area contributed by atoms with Crippen molar-refractivity contribution in [2.45, 2.75) is 30.1 Å². The molecule has 0 N–H and O–H groups in total. The zero-order valence-corrected chi connectivity index (χ0v) is 59.5. The fourth-order valence-electron chi connectivity index (χ4n) is 19.5. The third kappa shape index (κ3) is 9.19. The van der Waals surface area contributed by atoms with Crippen LogP contribution in [-0.2, 0) is 16.2 Å². The summed E-state index contributed by atoms with van der Waals surface area (Å²) in [4.78, 5) is 5.02. The minimum Gasteiger partial charge on any atom is -0.310 e. The molecule has 0 saturated heterocycles. The van der Waals surface area contributed by atoms with E-state index in [0.29, 0.717) is 0 Å². The molecule has 17 aromatic carbocycles. The first-order chi connectivity index (χ1) is 52.9. The molecule has 4 aliphatic carbocycles. The minimum absolute atomic E-state index is 0.495. The Bertz CT molecular complexity index is 6060. The number of anilines is 6. The molecule has 0 bridgehead atoms. The summed E-state index contributed by atoms with van der Waals surface area (Å²) in [7, 11) is 0. The molecule has 17 aromatic rings. The van der Waals surface area contributed by atoms with Gasteiger partial charge in [0.2, 0.25) is 0 Å². The topological polar surface area (TPSA) is 6.48 Å². The van der Waals surface area contributed by atoms with Gasteiger partial charge in [-0.25, -0.2) is 0 Å². The Labute approximate surface area is 625 Å². The lowest BCUT2D eigenvalue weighted by Crippen LogP contribution is -2.29. The smallest absolute Gasteiger partial charge is 0.0726 e. The van der Waals surface area contributed by atoms with Gasteiger partial charge in [-0.05, 0) is 231 Å². The number of hydrogen-bond donors (Lipinski definition) is 0. The van der Waals surface area contributed by atoms with Crippen LogP contribution in [0.15, 0.2) is 400 Å². The molecular formula is C105H72N2. The molecule has 107 heavy (non-hydrogen) atoms. The quantitative estimate of drug-likeness (QED) is 0.120. The van der Waals surface area contributed by atoms with Crippen molar-refractivity contribution in [3.05, 3.63) is 478 Å². The number of hydrogen-bond acceptors (Lipinski definition) is 2. The number of nitrogens with zero attached hydrogens (tertiary/aromatic N) is 2. The van der Waals surface area contributed by atoms with Crippen molar-refractivity contribution >= 4 is 44.9 Å². The molecule has 0 unspecified atom stereocenters. The highest BCUT2D eigenvalue weighted by molar-refractivity contribution is 5.99. The molecule has 1 spiro atoms. The molecule has 0 saturated carbocycles. The number of aryl methyl sites for hydroxylation is 2. The molecule has 0 radical (unpaired) electrons. The molecular weight excluding hydrogens is 1290 g/mol. The lowest BCUT2D eigenvalue weighted by atomic mass is 9.67. The second-order valence-electron chi connectivity index (χ2n) is 29.5. The van der Waals surface area contributed by atoms with Crippen molar-refractivity contribution in [3.8, 4) is 66.8 Å². The molecule has 21 rings (SSSR count). The van der Waals surface area contributed by atoms with Gasteiger partial charge in [0.15, 0.2) is 0 Å². The minimum atomic E-state index is -0.633. The molecule has 0 amide bonds. The van der Waals surface area contributed by atoms with Gasteiger partial charge in [-0.2, -0.15) is 0 Å². The summed E-state index contributed by atoms with van der Waals surface area (Å²) in [6.45, 7) is 4.46. The Morgan fingerprint density at radius 2 is 0.458 bits per heavy atom. The van der Waals surface area contributed by atoms with Crippen LogP contribution >= 0.6 is 0 Å². The Kier molecular flexibility index (Phi) is 14.2. The van der Waals surface area contributed by atoms with Crippen LogP contribution in [-0.4, -0.2) is 0 Å². The van der Waals surface area contributed by atoms with E-state index in [0.717, 1.165) is 56.4 Å². The predicted octanol–water partition coefficient (Wildman–Crippen LogP) is 26.8. The van der Waals surface area contributed by atoms with Gasteiger partial charge >= 0.3 is 0 Å². The highest BCUT2D eigenvalue weighted by Crippen LogP contribution is 2.65. The molecule has 0 fully saturated rings. The second kappa shape index (κ2) is 24.4. The lowest BCUT2D eigenvalue weighted by Gasteiger charge is -2.36. The lowest BCUT2D eigenvalue weighted by molar-refractivity contribution is 0.766. The van der Waals surface area contributed by atoms with E-state index in [2.05, 4.69) is 424 Å². The maximum absolute atomic E-state index is 2.55. The van der Waals surface area contributed by atoms with Gasteiger partial charge in [0.05, 0.1) is 16.2 Å². The third-order valence-electron chi connectivity index (χ3n) is 23.9. The monoisotopic (exact) mass is 1360 g/mol. The van der Waals surface area contributed by atoms with Gasteiger partial charge < -0.3 is 9.80 Å². The molecule has 2 nitrogen and oxygen atoms in total. The maximum Gasteiger partial charge on any atom is 0.0726 e. The largest absolute Gasteiger partial charge is 0.310 e. The van der Waals surface area contributed by atoms with Crippen molar-refractivity contribution in [2.24, 2.45) is 0 Å². The highest BCUT2D eigenvalue weighted by Gasteiger charge is 2.53. The Hall–Kier alpha value is -13.4. The van der Waals surface area contributed by atoms with E-state index < -0.39 is 16.2 Å². The van der Waals surface area contributed by atoms with Gasteiger partial charge in [0.25, 0.3) is 0 Å². The van der Waals surface area contributed by atoms with Gasteiger partial charge in [-0.1, -0.05) is 339 Å². The van der Waals surface area contributed by atoms with E-state index in [1.807, 2.05) is 0 Å². The zero-order valence-electron chi connectivity index (χ0n) is 59.5. The van der Waals surface area contributed by atoms with E-state index in [1.54, 1.807) is 0 Å².